The summed E-state index contributed by atoms with van der Waals surface area (Å²) in [6.07, 6.45) is 6.44. The Morgan fingerprint density at radius 2 is 1.62 bits per heavy atom. The Kier molecular flexibility index (Phi) is 12.5. The monoisotopic (exact) mass is 673 g/mol. The summed E-state index contributed by atoms with van der Waals surface area (Å²) < 4.78 is 0. The van der Waals surface area contributed by atoms with Crippen LogP contribution in [0.4, 0.5) is 5.69 Å². The van der Waals surface area contributed by atoms with Crippen LogP contribution in [-0.2, 0) is 16.0 Å². The summed E-state index contributed by atoms with van der Waals surface area (Å²) in [5.41, 5.74) is 8.44. The van der Waals surface area contributed by atoms with Crippen LogP contribution in [0, 0.1) is 24.2 Å². The second-order valence-electron chi connectivity index (χ2n) is 13.9. The Morgan fingerprint density at radius 3 is 2.30 bits per heavy atom. The first-order chi connectivity index (χ1) is 24.2. The average molecular weight is 674 g/mol. The largest absolute Gasteiger partial charge is 0.388 e. The molecule has 0 aliphatic carbocycles. The quantitative estimate of drug-likeness (QED) is 0.186. The number of hydrogen-bond acceptors (Lipinski definition) is 5. The van der Waals surface area contributed by atoms with Gasteiger partial charge in [-0.2, -0.15) is 5.26 Å². The van der Waals surface area contributed by atoms with Gasteiger partial charge in [0.1, 0.15) is 6.42 Å². The van der Waals surface area contributed by atoms with Gasteiger partial charge >= 0.3 is 0 Å². The summed E-state index contributed by atoms with van der Waals surface area (Å²) >= 11 is 0. The van der Waals surface area contributed by atoms with Gasteiger partial charge in [-0.25, -0.2) is 0 Å². The molecule has 1 saturated heterocycles. The molecule has 2 aliphatic rings. The number of piperidine rings is 1. The van der Waals surface area contributed by atoms with E-state index in [0.29, 0.717) is 31.1 Å². The molecular formula is C42H51N5O3. The maximum absolute atomic E-state index is 12.9. The first-order valence-electron chi connectivity index (χ1n) is 18.1. The molecule has 3 aromatic rings. The fourth-order valence-corrected chi connectivity index (χ4v) is 7.60. The molecule has 262 valence electrons. The summed E-state index contributed by atoms with van der Waals surface area (Å²) in [6.45, 7) is 13.1. The Bertz CT molecular complexity index is 1720. The van der Waals surface area contributed by atoms with E-state index in [1.165, 1.54) is 16.7 Å². The number of anilines is 1. The van der Waals surface area contributed by atoms with Crippen molar-refractivity contribution in [3.63, 3.8) is 0 Å². The molecule has 1 unspecified atom stereocenters. The molecule has 50 heavy (non-hydrogen) atoms. The van der Waals surface area contributed by atoms with Crippen LogP contribution in [0.15, 0.2) is 79.0 Å². The van der Waals surface area contributed by atoms with Gasteiger partial charge in [0.15, 0.2) is 0 Å². The summed E-state index contributed by atoms with van der Waals surface area (Å²) in [5, 5.41) is 15.6. The van der Waals surface area contributed by atoms with Gasteiger partial charge in [0, 0.05) is 62.0 Å². The average Bonchev–Trinajstić information content (AvgIpc) is 3.11. The number of nitriles is 1. The number of rotatable bonds is 13. The lowest BCUT2D eigenvalue weighted by atomic mass is 9.78. The minimum absolute atomic E-state index is 0.0583. The third-order valence-electron chi connectivity index (χ3n) is 10.3. The molecule has 2 atom stereocenters. The van der Waals surface area contributed by atoms with E-state index >= 15 is 0 Å². The van der Waals surface area contributed by atoms with Crippen LogP contribution < -0.4 is 15.5 Å². The topological polar surface area (TPSA) is 106 Å². The second kappa shape index (κ2) is 17.2. The molecule has 0 bridgehead atoms. The summed E-state index contributed by atoms with van der Waals surface area (Å²) in [5.74, 6) is 0.449. The van der Waals surface area contributed by atoms with E-state index in [1.54, 1.807) is 6.92 Å². The fourth-order valence-electron chi connectivity index (χ4n) is 7.60. The number of allylic oxidation sites excluding steroid dienone is 1. The highest BCUT2D eigenvalue weighted by Crippen LogP contribution is 2.37. The molecule has 0 radical (unpaired) electrons. The highest BCUT2D eigenvalue weighted by atomic mass is 16.2. The van der Waals surface area contributed by atoms with Gasteiger partial charge in [-0.15, -0.1) is 0 Å². The SMILES string of the molecule is C=C(NCCCCCNC(=O)c1ccc(-c2ccc3c(c2)CC[C@H](C)N3C(C)=O)cc1)C(c1cccc(C)c1)C1CCN(C(=O)CC#N)CC1. The van der Waals surface area contributed by atoms with Crippen molar-refractivity contribution in [1.82, 2.24) is 15.5 Å². The Morgan fingerprint density at radius 1 is 0.920 bits per heavy atom. The molecule has 2 aliphatic heterocycles. The van der Waals surface area contributed by atoms with E-state index in [-0.39, 0.29) is 36.1 Å². The maximum Gasteiger partial charge on any atom is 0.251 e. The molecule has 8 heteroatoms. The number of amides is 3. The minimum Gasteiger partial charge on any atom is -0.388 e. The molecule has 2 heterocycles. The van der Waals surface area contributed by atoms with Crippen LogP contribution in [0.3, 0.4) is 0 Å². The number of hydrogen-bond donors (Lipinski definition) is 2. The number of nitrogens with one attached hydrogen (secondary N) is 2. The number of benzene rings is 3. The zero-order valence-electron chi connectivity index (χ0n) is 29.8. The van der Waals surface area contributed by atoms with Crippen molar-refractivity contribution in [2.75, 3.05) is 31.1 Å². The Labute approximate surface area is 297 Å². The number of aryl methyl sites for hydroxylation is 2. The predicted octanol–water partition coefficient (Wildman–Crippen LogP) is 7.29. The predicted molar refractivity (Wildman–Crippen MR) is 200 cm³/mol. The molecule has 0 saturated carbocycles. The van der Waals surface area contributed by atoms with Crippen LogP contribution in [0.5, 0.6) is 0 Å². The van der Waals surface area contributed by atoms with Crippen molar-refractivity contribution in [3.05, 3.63) is 101 Å². The zero-order valence-corrected chi connectivity index (χ0v) is 29.8. The van der Waals surface area contributed by atoms with Gasteiger partial charge in [0.2, 0.25) is 11.8 Å². The van der Waals surface area contributed by atoms with Gasteiger partial charge in [-0.3, -0.25) is 14.4 Å². The van der Waals surface area contributed by atoms with Gasteiger partial charge in [0.05, 0.1) is 6.07 Å². The van der Waals surface area contributed by atoms with Crippen molar-refractivity contribution in [2.45, 2.75) is 84.1 Å². The molecular weight excluding hydrogens is 622 g/mol. The van der Waals surface area contributed by atoms with Gasteiger partial charge in [0.25, 0.3) is 5.91 Å². The lowest BCUT2D eigenvalue weighted by Crippen LogP contribution is -2.40. The van der Waals surface area contributed by atoms with Crippen molar-refractivity contribution in [2.24, 2.45) is 5.92 Å². The Balaban J connectivity index is 1.05. The highest BCUT2D eigenvalue weighted by Gasteiger charge is 2.31. The van der Waals surface area contributed by atoms with Crippen molar-refractivity contribution < 1.29 is 14.4 Å². The summed E-state index contributed by atoms with van der Waals surface area (Å²) in [6, 6.07) is 24.8. The maximum atomic E-state index is 12.9. The van der Waals surface area contributed by atoms with Gasteiger partial charge in [-0.05, 0) is 111 Å². The lowest BCUT2D eigenvalue weighted by Gasteiger charge is -2.37. The first-order valence-corrected chi connectivity index (χ1v) is 18.1. The van der Waals surface area contributed by atoms with E-state index in [2.05, 4.69) is 67.5 Å². The normalized spacial score (nSPS) is 16.6. The number of nitrogens with zero attached hydrogens (tertiary/aromatic N) is 3. The molecule has 1 fully saturated rings. The number of likely N-dealkylation sites (tertiary alicyclic amines) is 1. The van der Waals surface area contributed by atoms with Crippen LogP contribution >= 0.6 is 0 Å². The smallest absolute Gasteiger partial charge is 0.251 e. The molecule has 0 spiro atoms. The van der Waals surface area contributed by atoms with Crippen LogP contribution in [0.2, 0.25) is 0 Å². The van der Waals surface area contributed by atoms with E-state index < -0.39 is 0 Å². The standard InChI is InChI=1S/C42H51N5O3/c1-29-9-8-10-38(27-29)41(34-20-25-46(26-21-34)40(49)19-22-43)31(3)44-23-6-5-7-24-45-42(50)35-15-13-33(14-16-35)36-17-18-39-37(28-36)12-11-30(2)47(39)32(4)48/h8-10,13-18,27-28,30,34,41,44H,3,5-7,11-12,19-21,23-26H2,1-2,4H3,(H,45,50)/t30-,41?/m0/s1. The molecule has 2 N–H and O–H groups in total. The number of carbonyl (C=O) groups is 3. The van der Waals surface area contributed by atoms with Crippen LogP contribution in [0.1, 0.15) is 91.8 Å². The van der Waals surface area contributed by atoms with Crippen molar-refractivity contribution in [3.8, 4) is 17.2 Å². The van der Waals surface area contributed by atoms with Gasteiger partial charge < -0.3 is 20.4 Å². The van der Waals surface area contributed by atoms with Gasteiger partial charge in [-0.1, -0.05) is 54.6 Å². The second-order valence-corrected chi connectivity index (χ2v) is 13.9. The molecule has 0 aromatic heterocycles. The summed E-state index contributed by atoms with van der Waals surface area (Å²) in [4.78, 5) is 41.0. The van der Waals surface area contributed by atoms with E-state index in [9.17, 15) is 14.4 Å². The molecule has 8 nitrogen and oxygen atoms in total. The fraction of sp³-hybridized carbons (Fsp3) is 0.429. The van der Waals surface area contributed by atoms with Crippen molar-refractivity contribution >= 4 is 23.4 Å². The van der Waals surface area contributed by atoms with Crippen LogP contribution in [-0.4, -0.2) is 54.8 Å². The third-order valence-corrected chi connectivity index (χ3v) is 10.3. The van der Waals surface area contributed by atoms with Crippen LogP contribution in [0.25, 0.3) is 11.1 Å². The zero-order chi connectivity index (χ0) is 35.6. The molecule has 5 rings (SSSR count). The minimum atomic E-state index is -0.0791. The number of unbranched alkanes of at least 4 members (excludes halogenated alkanes) is 2. The third kappa shape index (κ3) is 9.01. The summed E-state index contributed by atoms with van der Waals surface area (Å²) in [7, 11) is 0. The van der Waals surface area contributed by atoms with Crippen molar-refractivity contribution in [1.29, 1.82) is 5.26 Å². The first kappa shape index (κ1) is 36.4. The lowest BCUT2D eigenvalue weighted by molar-refractivity contribution is -0.131. The number of fused-ring (bicyclic) bond motifs is 1. The Hall–Kier alpha value is -4.90. The highest BCUT2D eigenvalue weighted by molar-refractivity contribution is 5.95. The van der Waals surface area contributed by atoms with E-state index in [1.807, 2.05) is 46.2 Å². The number of carbonyl (C=O) groups excluding carboxylic acids is 3. The van der Waals surface area contributed by atoms with E-state index in [0.717, 1.165) is 74.0 Å². The molecule has 3 aromatic carbocycles. The van der Waals surface area contributed by atoms with E-state index in [4.69, 9.17) is 5.26 Å². The molecule has 3 amide bonds.